The molecule has 1 aliphatic heterocycles. The predicted octanol–water partition coefficient (Wildman–Crippen LogP) is 4.69. The van der Waals surface area contributed by atoms with E-state index >= 15 is 0 Å². The zero-order valence-electron chi connectivity index (χ0n) is 20.7. The maximum absolute atomic E-state index is 13.3. The number of halogens is 3. The van der Waals surface area contributed by atoms with E-state index in [2.05, 4.69) is 15.2 Å². The fourth-order valence-corrected chi connectivity index (χ4v) is 4.00. The van der Waals surface area contributed by atoms with Crippen molar-refractivity contribution in [2.45, 2.75) is 38.4 Å². The first kappa shape index (κ1) is 25.4. The van der Waals surface area contributed by atoms with Gasteiger partial charge in [-0.2, -0.15) is 23.3 Å². The van der Waals surface area contributed by atoms with Crippen molar-refractivity contribution < 1.29 is 22.5 Å². The van der Waals surface area contributed by atoms with Gasteiger partial charge in [-0.3, -0.25) is 9.59 Å². The molecule has 1 fully saturated rings. The van der Waals surface area contributed by atoms with Crippen LogP contribution < -0.4 is 5.56 Å². The van der Waals surface area contributed by atoms with E-state index in [0.29, 0.717) is 11.1 Å². The predicted molar refractivity (Wildman–Crippen MR) is 132 cm³/mol. The van der Waals surface area contributed by atoms with Gasteiger partial charge >= 0.3 is 6.18 Å². The Balaban J connectivity index is 1.36. The van der Waals surface area contributed by atoms with Crippen LogP contribution in [0.2, 0.25) is 0 Å². The average molecular weight is 524 g/mol. The van der Waals surface area contributed by atoms with Gasteiger partial charge in [0.2, 0.25) is 5.82 Å². The van der Waals surface area contributed by atoms with Gasteiger partial charge in [0.25, 0.3) is 17.4 Å². The summed E-state index contributed by atoms with van der Waals surface area (Å²) in [6, 6.07) is 15.6. The van der Waals surface area contributed by atoms with Crippen LogP contribution in [0.4, 0.5) is 13.2 Å². The Labute approximate surface area is 215 Å². The number of benzene rings is 2. The average Bonchev–Trinajstić information content (AvgIpc) is 3.34. The molecule has 0 atom stereocenters. The van der Waals surface area contributed by atoms with Gasteiger partial charge in [-0.05, 0) is 49.6 Å². The van der Waals surface area contributed by atoms with Crippen LogP contribution in [0.3, 0.4) is 0 Å². The zero-order chi connectivity index (χ0) is 27.1. The van der Waals surface area contributed by atoms with E-state index in [1.165, 1.54) is 41.1 Å². The first-order valence-corrected chi connectivity index (χ1v) is 12.0. The molecule has 2 aromatic carbocycles. The summed E-state index contributed by atoms with van der Waals surface area (Å²) in [4.78, 5) is 31.1. The SMILES string of the molecule is CC(C)(c1ccc(-c2noc(-c3ccc(=O)n(Cc4cccc(C(=O)N5CCC5)c4)n3)n2)cc1)C(F)(F)F. The van der Waals surface area contributed by atoms with Crippen LogP contribution in [-0.4, -0.2) is 50.0 Å². The lowest BCUT2D eigenvalue weighted by atomic mass is 9.83. The number of carbonyl (C=O) groups excluding carboxylic acids is 1. The molecular formula is C27H24F3N5O3. The van der Waals surface area contributed by atoms with Crippen molar-refractivity contribution >= 4 is 5.91 Å². The van der Waals surface area contributed by atoms with Crippen molar-refractivity contribution in [1.82, 2.24) is 24.8 Å². The third-order valence-corrected chi connectivity index (χ3v) is 6.73. The summed E-state index contributed by atoms with van der Waals surface area (Å²) in [6.07, 6.45) is -3.40. The number of alkyl halides is 3. The summed E-state index contributed by atoms with van der Waals surface area (Å²) in [6.45, 7) is 3.86. The molecule has 0 N–H and O–H groups in total. The second-order valence-electron chi connectivity index (χ2n) is 9.68. The lowest BCUT2D eigenvalue weighted by molar-refractivity contribution is -0.180. The molecule has 0 aliphatic carbocycles. The van der Waals surface area contributed by atoms with Gasteiger partial charge in [0, 0.05) is 30.3 Å². The van der Waals surface area contributed by atoms with Crippen molar-refractivity contribution in [3.63, 3.8) is 0 Å². The van der Waals surface area contributed by atoms with Crippen LogP contribution in [0.5, 0.6) is 0 Å². The number of aromatic nitrogens is 4. The van der Waals surface area contributed by atoms with Gasteiger partial charge in [0.15, 0.2) is 0 Å². The molecular weight excluding hydrogens is 499 g/mol. The highest BCUT2D eigenvalue weighted by atomic mass is 19.4. The van der Waals surface area contributed by atoms with Crippen molar-refractivity contribution in [2.24, 2.45) is 0 Å². The molecule has 4 aromatic rings. The van der Waals surface area contributed by atoms with Crippen molar-refractivity contribution in [2.75, 3.05) is 13.1 Å². The number of hydrogen-bond donors (Lipinski definition) is 0. The molecule has 38 heavy (non-hydrogen) atoms. The maximum Gasteiger partial charge on any atom is 0.397 e. The van der Waals surface area contributed by atoms with E-state index in [1.807, 2.05) is 6.07 Å². The minimum absolute atomic E-state index is 0.0412. The number of amides is 1. The number of carbonyl (C=O) groups is 1. The summed E-state index contributed by atoms with van der Waals surface area (Å²) in [7, 11) is 0. The van der Waals surface area contributed by atoms with Crippen LogP contribution in [-0.2, 0) is 12.0 Å². The Morgan fingerprint density at radius 2 is 1.76 bits per heavy atom. The topological polar surface area (TPSA) is 94.1 Å². The van der Waals surface area contributed by atoms with Crippen LogP contribution in [0.25, 0.3) is 23.0 Å². The molecule has 1 aliphatic rings. The molecule has 0 radical (unpaired) electrons. The smallest absolute Gasteiger partial charge is 0.339 e. The van der Waals surface area contributed by atoms with E-state index in [1.54, 1.807) is 23.1 Å². The van der Waals surface area contributed by atoms with Crippen molar-refractivity contribution in [1.29, 1.82) is 0 Å². The summed E-state index contributed by atoms with van der Waals surface area (Å²) in [5.41, 5.74) is -0.232. The van der Waals surface area contributed by atoms with Gasteiger partial charge in [-0.25, -0.2) is 4.68 Å². The highest BCUT2D eigenvalue weighted by Gasteiger charge is 2.48. The monoisotopic (exact) mass is 523 g/mol. The van der Waals surface area contributed by atoms with Gasteiger partial charge in [-0.15, -0.1) is 0 Å². The molecule has 8 nitrogen and oxygen atoms in total. The zero-order valence-corrected chi connectivity index (χ0v) is 20.7. The summed E-state index contributed by atoms with van der Waals surface area (Å²) in [5.74, 6) is 0.184. The molecule has 1 saturated heterocycles. The standard InChI is InChI=1S/C27H24F3N5O3/c1-26(2,27(28,29)30)20-9-7-18(8-10-20)23-31-24(38-33-23)21-11-12-22(36)35(32-21)16-17-5-3-6-19(15-17)25(37)34-13-4-14-34/h3,5-12,15H,4,13-14,16H2,1-2H3. The first-order valence-electron chi connectivity index (χ1n) is 12.0. The number of likely N-dealkylation sites (tertiary alicyclic amines) is 1. The third kappa shape index (κ3) is 4.83. The lowest BCUT2D eigenvalue weighted by Gasteiger charge is -2.31. The summed E-state index contributed by atoms with van der Waals surface area (Å²) < 4.78 is 46.6. The molecule has 1 amide bonds. The highest BCUT2D eigenvalue weighted by molar-refractivity contribution is 5.94. The van der Waals surface area contributed by atoms with E-state index in [9.17, 15) is 22.8 Å². The highest BCUT2D eigenvalue weighted by Crippen LogP contribution is 2.40. The molecule has 3 heterocycles. The Kier molecular flexibility index (Phi) is 6.38. The second-order valence-corrected chi connectivity index (χ2v) is 9.68. The van der Waals surface area contributed by atoms with Gasteiger partial charge < -0.3 is 9.42 Å². The molecule has 11 heteroatoms. The second kappa shape index (κ2) is 9.55. The van der Waals surface area contributed by atoms with Crippen molar-refractivity contribution in [3.05, 3.63) is 87.7 Å². The molecule has 0 saturated carbocycles. The summed E-state index contributed by atoms with van der Waals surface area (Å²) >= 11 is 0. The number of nitrogens with zero attached hydrogens (tertiary/aromatic N) is 5. The molecule has 0 bridgehead atoms. The fourth-order valence-electron chi connectivity index (χ4n) is 4.00. The fraction of sp³-hybridized carbons (Fsp3) is 0.296. The maximum atomic E-state index is 13.3. The third-order valence-electron chi connectivity index (χ3n) is 6.73. The Bertz CT molecular complexity index is 1540. The lowest BCUT2D eigenvalue weighted by Crippen LogP contribution is -2.42. The molecule has 196 valence electrons. The Morgan fingerprint density at radius 1 is 1.03 bits per heavy atom. The van der Waals surface area contributed by atoms with E-state index in [0.717, 1.165) is 38.9 Å². The van der Waals surface area contributed by atoms with Crippen LogP contribution in [0.15, 0.2) is 70.0 Å². The minimum Gasteiger partial charge on any atom is -0.339 e. The van der Waals surface area contributed by atoms with E-state index in [-0.39, 0.29) is 41.0 Å². The van der Waals surface area contributed by atoms with Crippen LogP contribution in [0, 0.1) is 0 Å². The quantitative estimate of drug-likeness (QED) is 0.364. The van der Waals surface area contributed by atoms with Gasteiger partial charge in [-0.1, -0.05) is 41.6 Å². The van der Waals surface area contributed by atoms with Gasteiger partial charge in [0.1, 0.15) is 5.69 Å². The number of hydrogen-bond acceptors (Lipinski definition) is 6. The minimum atomic E-state index is -4.39. The van der Waals surface area contributed by atoms with E-state index < -0.39 is 11.6 Å². The largest absolute Gasteiger partial charge is 0.397 e. The molecule has 2 aromatic heterocycles. The molecule has 0 spiro atoms. The molecule has 0 unspecified atom stereocenters. The Hall–Kier alpha value is -4.28. The first-order chi connectivity index (χ1) is 18.0. The van der Waals surface area contributed by atoms with Gasteiger partial charge in [0.05, 0.1) is 12.0 Å². The summed E-state index contributed by atoms with van der Waals surface area (Å²) in [5, 5.41) is 8.27. The normalized spacial score (nSPS) is 13.9. The number of rotatable bonds is 6. The van der Waals surface area contributed by atoms with Crippen LogP contribution in [0.1, 0.15) is 41.8 Å². The molecule has 5 rings (SSSR count). The van der Waals surface area contributed by atoms with E-state index in [4.69, 9.17) is 4.52 Å². The van der Waals surface area contributed by atoms with Crippen LogP contribution >= 0.6 is 0 Å². The Morgan fingerprint density at radius 3 is 2.42 bits per heavy atom. The van der Waals surface area contributed by atoms with Crippen molar-refractivity contribution in [3.8, 4) is 23.0 Å².